The van der Waals surface area contributed by atoms with E-state index < -0.39 is 11.3 Å². The molecule has 0 aromatic heterocycles. The monoisotopic (exact) mass is 583 g/mol. The lowest BCUT2D eigenvalue weighted by molar-refractivity contribution is -0.128. The highest BCUT2D eigenvalue weighted by molar-refractivity contribution is 8.15. The molecule has 0 aliphatic carbocycles. The molecule has 3 aromatic rings. The van der Waals surface area contributed by atoms with Gasteiger partial charge in [-0.1, -0.05) is 61.2 Å². The molecule has 0 bridgehead atoms. The maximum absolute atomic E-state index is 13.6. The zero-order valence-corrected chi connectivity index (χ0v) is 23.7. The van der Waals surface area contributed by atoms with Crippen LogP contribution in [0.15, 0.2) is 82.8 Å². The van der Waals surface area contributed by atoms with Crippen molar-refractivity contribution in [3.05, 3.63) is 83.9 Å². The standard InChI is InChI=1S/C31H29N5O5S/c1-2-26(29(38)33-20-12-13-24-25(16-20)41-18-40-24)42-31-35-22-11-7-6-10-21(22)28-34-23(30(39)36(28)31)17-27(37)32-15-14-19-8-4-3-5-9-19/h3-13,16,23,26H,2,14-15,17-18H2,1H3,(H,32,37)(H,33,38)/t23-,26+/m0/s1. The molecule has 0 fully saturated rings. The van der Waals surface area contributed by atoms with Crippen LogP contribution in [0.25, 0.3) is 0 Å². The van der Waals surface area contributed by atoms with Crippen LogP contribution in [-0.4, -0.2) is 58.3 Å². The van der Waals surface area contributed by atoms with Gasteiger partial charge in [0.1, 0.15) is 11.9 Å². The van der Waals surface area contributed by atoms with Gasteiger partial charge in [-0.15, -0.1) is 0 Å². The lowest BCUT2D eigenvalue weighted by atomic mass is 10.1. The van der Waals surface area contributed by atoms with Gasteiger partial charge in [0, 0.05) is 23.9 Å². The van der Waals surface area contributed by atoms with Gasteiger partial charge in [0.05, 0.1) is 17.4 Å². The molecule has 2 N–H and O–H groups in total. The van der Waals surface area contributed by atoms with Gasteiger partial charge < -0.3 is 20.1 Å². The third-order valence-electron chi connectivity index (χ3n) is 7.06. The Morgan fingerprint density at radius 2 is 1.83 bits per heavy atom. The van der Waals surface area contributed by atoms with E-state index in [0.29, 0.717) is 58.8 Å². The van der Waals surface area contributed by atoms with Crippen molar-refractivity contribution < 1.29 is 23.9 Å². The summed E-state index contributed by atoms with van der Waals surface area (Å²) in [7, 11) is 0. The lowest BCUT2D eigenvalue weighted by Crippen LogP contribution is -2.43. The van der Waals surface area contributed by atoms with Crippen molar-refractivity contribution in [1.29, 1.82) is 0 Å². The van der Waals surface area contributed by atoms with E-state index in [0.717, 1.165) is 5.56 Å². The molecule has 42 heavy (non-hydrogen) atoms. The maximum atomic E-state index is 13.6. The Labute approximate surface area is 247 Å². The van der Waals surface area contributed by atoms with Crippen LogP contribution < -0.4 is 20.1 Å². The average Bonchev–Trinajstić information content (AvgIpc) is 3.60. The number of amidine groups is 2. The number of anilines is 1. The molecule has 10 nitrogen and oxygen atoms in total. The summed E-state index contributed by atoms with van der Waals surface area (Å²) in [6.45, 7) is 2.51. The lowest BCUT2D eigenvalue weighted by Gasteiger charge is -2.27. The van der Waals surface area contributed by atoms with Crippen molar-refractivity contribution >= 4 is 51.9 Å². The number of thioether (sulfide) groups is 1. The molecule has 0 radical (unpaired) electrons. The molecule has 0 saturated heterocycles. The smallest absolute Gasteiger partial charge is 0.259 e. The number of fused-ring (bicyclic) bond motifs is 4. The second-order valence-electron chi connectivity index (χ2n) is 9.92. The summed E-state index contributed by atoms with van der Waals surface area (Å²) in [5, 5.41) is 5.64. The first-order valence-corrected chi connectivity index (χ1v) is 14.7. The molecule has 0 unspecified atom stereocenters. The second kappa shape index (κ2) is 12.1. The van der Waals surface area contributed by atoms with Crippen LogP contribution in [0.2, 0.25) is 0 Å². The quantitative estimate of drug-likeness (QED) is 0.388. The van der Waals surface area contributed by atoms with Crippen LogP contribution in [0.5, 0.6) is 11.5 Å². The number of hydrogen-bond donors (Lipinski definition) is 2. The molecular formula is C31H29N5O5S. The van der Waals surface area contributed by atoms with Gasteiger partial charge in [0.2, 0.25) is 18.6 Å². The molecule has 2 atom stereocenters. The first kappa shape index (κ1) is 27.5. The highest BCUT2D eigenvalue weighted by Crippen LogP contribution is 2.37. The minimum atomic E-state index is -0.879. The predicted molar refractivity (Wildman–Crippen MR) is 161 cm³/mol. The van der Waals surface area contributed by atoms with Gasteiger partial charge in [0.25, 0.3) is 5.91 Å². The third kappa shape index (κ3) is 5.73. The van der Waals surface area contributed by atoms with Crippen molar-refractivity contribution in [2.24, 2.45) is 9.98 Å². The molecule has 6 rings (SSSR count). The fraction of sp³-hybridized carbons (Fsp3) is 0.258. The van der Waals surface area contributed by atoms with Gasteiger partial charge in [-0.05, 0) is 42.7 Å². The SMILES string of the molecule is CC[C@@H](SC1=Nc2ccccc2C2=N[C@@H](CC(=O)NCCc3ccccc3)C(=O)N12)C(=O)Nc1ccc2c(c1)OCO2. The summed E-state index contributed by atoms with van der Waals surface area (Å²) in [4.78, 5) is 50.6. The summed E-state index contributed by atoms with van der Waals surface area (Å²) in [6, 6.07) is 21.6. The number of ether oxygens (including phenoxy) is 2. The van der Waals surface area contributed by atoms with Crippen LogP contribution >= 0.6 is 11.8 Å². The summed E-state index contributed by atoms with van der Waals surface area (Å²) in [5.41, 5.74) is 3.06. The normalized spacial score (nSPS) is 17.1. The Morgan fingerprint density at radius 3 is 2.67 bits per heavy atom. The van der Waals surface area contributed by atoms with Gasteiger partial charge in [0.15, 0.2) is 16.7 Å². The molecule has 3 amide bonds. The zero-order chi connectivity index (χ0) is 29.1. The summed E-state index contributed by atoms with van der Waals surface area (Å²) in [6.07, 6.45) is 1.11. The minimum absolute atomic E-state index is 0.0739. The summed E-state index contributed by atoms with van der Waals surface area (Å²) in [5.74, 6) is 0.824. The van der Waals surface area contributed by atoms with Gasteiger partial charge in [-0.3, -0.25) is 19.4 Å². The van der Waals surface area contributed by atoms with Crippen LogP contribution in [-0.2, 0) is 20.8 Å². The van der Waals surface area contributed by atoms with E-state index in [1.54, 1.807) is 18.2 Å². The number of benzene rings is 3. The number of hydrogen-bond acceptors (Lipinski definition) is 8. The van der Waals surface area contributed by atoms with E-state index in [9.17, 15) is 14.4 Å². The number of aliphatic imine (C=N–C) groups is 2. The number of nitrogens with one attached hydrogen (secondary N) is 2. The Hall–Kier alpha value is -4.64. The van der Waals surface area contributed by atoms with Gasteiger partial charge in [-0.2, -0.15) is 0 Å². The van der Waals surface area contributed by atoms with Crippen molar-refractivity contribution in [3.8, 4) is 11.5 Å². The Kier molecular flexibility index (Phi) is 7.91. The van der Waals surface area contributed by atoms with E-state index in [2.05, 4.69) is 15.6 Å². The highest BCUT2D eigenvalue weighted by Gasteiger charge is 2.43. The number of rotatable bonds is 9. The highest BCUT2D eigenvalue weighted by atomic mass is 32.2. The number of amides is 3. The van der Waals surface area contributed by atoms with Crippen LogP contribution in [0.1, 0.15) is 30.9 Å². The fourth-order valence-electron chi connectivity index (χ4n) is 4.90. The van der Waals surface area contributed by atoms with E-state index >= 15 is 0 Å². The average molecular weight is 584 g/mol. The Balaban J connectivity index is 1.16. The van der Waals surface area contributed by atoms with Crippen molar-refractivity contribution in [2.45, 2.75) is 37.5 Å². The number of para-hydroxylation sites is 1. The first-order chi connectivity index (χ1) is 20.5. The van der Waals surface area contributed by atoms with E-state index in [1.807, 2.05) is 61.5 Å². The van der Waals surface area contributed by atoms with Crippen molar-refractivity contribution in [2.75, 3.05) is 18.7 Å². The third-order valence-corrected chi connectivity index (χ3v) is 8.37. The van der Waals surface area contributed by atoms with E-state index in [-0.39, 0.29) is 30.9 Å². The van der Waals surface area contributed by atoms with Gasteiger partial charge >= 0.3 is 0 Å². The minimum Gasteiger partial charge on any atom is -0.454 e. The van der Waals surface area contributed by atoms with Crippen LogP contribution in [0.3, 0.4) is 0 Å². The predicted octanol–water partition coefficient (Wildman–Crippen LogP) is 4.27. The van der Waals surface area contributed by atoms with Crippen molar-refractivity contribution in [1.82, 2.24) is 10.2 Å². The Bertz CT molecular complexity index is 1590. The van der Waals surface area contributed by atoms with Gasteiger partial charge in [-0.25, -0.2) is 9.89 Å². The first-order valence-electron chi connectivity index (χ1n) is 13.8. The molecule has 0 saturated carbocycles. The fourth-order valence-corrected chi connectivity index (χ4v) is 5.92. The number of carbonyl (C=O) groups is 3. The van der Waals surface area contributed by atoms with Crippen LogP contribution in [0, 0.1) is 0 Å². The molecule has 3 heterocycles. The largest absolute Gasteiger partial charge is 0.454 e. The maximum Gasteiger partial charge on any atom is 0.259 e. The molecule has 3 aliphatic rings. The van der Waals surface area contributed by atoms with E-state index in [4.69, 9.17) is 14.5 Å². The molecular weight excluding hydrogens is 554 g/mol. The molecule has 3 aromatic carbocycles. The molecule has 0 spiro atoms. The number of carbonyl (C=O) groups excluding carboxylic acids is 3. The molecule has 3 aliphatic heterocycles. The summed E-state index contributed by atoms with van der Waals surface area (Å²) < 4.78 is 10.8. The topological polar surface area (TPSA) is 122 Å². The zero-order valence-electron chi connectivity index (χ0n) is 22.9. The molecule has 214 valence electrons. The Morgan fingerprint density at radius 1 is 1.05 bits per heavy atom. The number of nitrogens with zero attached hydrogens (tertiary/aromatic N) is 3. The van der Waals surface area contributed by atoms with Crippen molar-refractivity contribution in [3.63, 3.8) is 0 Å². The van der Waals surface area contributed by atoms with Crippen LogP contribution in [0.4, 0.5) is 11.4 Å². The van der Waals surface area contributed by atoms with E-state index in [1.165, 1.54) is 16.7 Å². The molecule has 11 heteroatoms. The second-order valence-corrected chi connectivity index (χ2v) is 11.1. The summed E-state index contributed by atoms with van der Waals surface area (Å²) >= 11 is 1.20.